The van der Waals surface area contributed by atoms with Crippen LogP contribution in [0, 0.1) is 0 Å². The number of allylic oxidation sites excluding steroid dienone is 1. The second-order valence-corrected chi connectivity index (χ2v) is 4.11. The molecule has 0 spiro atoms. The average Bonchev–Trinajstić information content (AvgIpc) is 2.06. The first kappa shape index (κ1) is 9.40. The lowest BCUT2D eigenvalue weighted by molar-refractivity contribution is 1.23. The fourth-order valence-electron chi connectivity index (χ4n) is 1.02. The third-order valence-electron chi connectivity index (χ3n) is 1.53. The molecule has 0 amide bonds. The van der Waals surface area contributed by atoms with Gasteiger partial charge in [-0.3, -0.25) is 0 Å². The van der Waals surface area contributed by atoms with Crippen LogP contribution in [0.1, 0.15) is 13.8 Å². The summed E-state index contributed by atoms with van der Waals surface area (Å²) < 4.78 is 0. The summed E-state index contributed by atoms with van der Waals surface area (Å²) in [5.41, 5.74) is 0. The van der Waals surface area contributed by atoms with Crippen molar-refractivity contribution < 1.29 is 0 Å². The minimum atomic E-state index is 0.567. The summed E-state index contributed by atoms with van der Waals surface area (Å²) >= 11 is 1.88. The Morgan fingerprint density at radius 2 is 1.92 bits per heavy atom. The summed E-state index contributed by atoms with van der Waals surface area (Å²) in [5, 5.41) is 0.567. The Labute approximate surface area is 78.7 Å². The molecule has 1 aromatic rings. The zero-order valence-corrected chi connectivity index (χ0v) is 8.34. The van der Waals surface area contributed by atoms with Gasteiger partial charge in [0.05, 0.1) is 0 Å². The van der Waals surface area contributed by atoms with Crippen molar-refractivity contribution in [2.24, 2.45) is 0 Å². The summed E-state index contributed by atoms with van der Waals surface area (Å²) in [7, 11) is 0. The molecule has 0 aliphatic carbocycles. The van der Waals surface area contributed by atoms with Gasteiger partial charge in [-0.1, -0.05) is 30.4 Å². The monoisotopic (exact) mass is 178 g/mol. The Morgan fingerprint density at radius 3 is 2.50 bits per heavy atom. The fourth-order valence-corrected chi connectivity index (χ4v) is 2.00. The lowest BCUT2D eigenvalue weighted by Gasteiger charge is -2.04. The van der Waals surface area contributed by atoms with Crippen LogP contribution >= 0.6 is 11.8 Å². The van der Waals surface area contributed by atoms with Gasteiger partial charge in [-0.15, -0.1) is 11.8 Å². The summed E-state index contributed by atoms with van der Waals surface area (Å²) in [6.45, 7) is 4.26. The van der Waals surface area contributed by atoms with Crippen molar-refractivity contribution in [1.82, 2.24) is 0 Å². The molecule has 64 valence electrons. The lowest BCUT2D eigenvalue weighted by Crippen LogP contribution is -1.88. The molecule has 1 heteroatoms. The van der Waals surface area contributed by atoms with Crippen molar-refractivity contribution in [1.29, 1.82) is 0 Å². The second-order valence-electron chi connectivity index (χ2n) is 2.66. The molecule has 0 bridgehead atoms. The van der Waals surface area contributed by atoms with Gasteiger partial charge < -0.3 is 0 Å². The first-order valence-electron chi connectivity index (χ1n) is 4.17. The molecule has 1 unspecified atom stereocenters. The van der Waals surface area contributed by atoms with Crippen LogP contribution in [0.25, 0.3) is 0 Å². The van der Waals surface area contributed by atoms with Crippen molar-refractivity contribution >= 4 is 11.8 Å². The average molecular weight is 178 g/mol. The quantitative estimate of drug-likeness (QED) is 0.502. The molecule has 0 aliphatic heterocycles. The van der Waals surface area contributed by atoms with Gasteiger partial charge in [0.1, 0.15) is 0 Å². The number of rotatable bonds is 3. The predicted octanol–water partition coefficient (Wildman–Crippen LogP) is 3.74. The van der Waals surface area contributed by atoms with Gasteiger partial charge >= 0.3 is 0 Å². The topological polar surface area (TPSA) is 0 Å². The highest BCUT2D eigenvalue weighted by Crippen LogP contribution is 2.22. The van der Waals surface area contributed by atoms with Crippen LogP contribution in [0.3, 0.4) is 0 Å². The van der Waals surface area contributed by atoms with E-state index in [0.29, 0.717) is 5.25 Å². The normalized spacial score (nSPS) is 13.5. The Balaban J connectivity index is 2.52. The standard InChI is InChI=1S/C11H14S/c1-3-7-10(2)12-11-8-5-4-6-9-11/h3-10H,1-2H3. The van der Waals surface area contributed by atoms with Gasteiger partial charge in [-0.05, 0) is 26.0 Å². The SMILES string of the molecule is CC=CC(C)Sc1ccccc1. The largest absolute Gasteiger partial charge is 0.119 e. The molecule has 0 heterocycles. The smallest absolute Gasteiger partial charge is 0.0246 e. The van der Waals surface area contributed by atoms with Crippen molar-refractivity contribution in [2.45, 2.75) is 24.0 Å². The van der Waals surface area contributed by atoms with E-state index in [0.717, 1.165) is 0 Å². The number of hydrogen-bond acceptors (Lipinski definition) is 1. The zero-order valence-electron chi connectivity index (χ0n) is 7.53. The Bertz CT molecular complexity index is 238. The van der Waals surface area contributed by atoms with E-state index >= 15 is 0 Å². The van der Waals surface area contributed by atoms with Crippen LogP contribution in [0.15, 0.2) is 47.4 Å². The van der Waals surface area contributed by atoms with Crippen molar-refractivity contribution in [2.75, 3.05) is 0 Å². The Morgan fingerprint density at radius 1 is 1.25 bits per heavy atom. The molecule has 0 N–H and O–H groups in total. The van der Waals surface area contributed by atoms with E-state index in [2.05, 4.69) is 50.3 Å². The molecule has 1 aromatic carbocycles. The maximum absolute atomic E-state index is 2.21. The van der Waals surface area contributed by atoms with Crippen LogP contribution < -0.4 is 0 Å². The fraction of sp³-hybridized carbons (Fsp3) is 0.273. The number of thioether (sulfide) groups is 1. The van der Waals surface area contributed by atoms with Crippen LogP contribution in [0.2, 0.25) is 0 Å². The molecule has 0 aliphatic rings. The highest BCUT2D eigenvalue weighted by Gasteiger charge is 1.97. The summed E-state index contributed by atoms with van der Waals surface area (Å²) in [6, 6.07) is 10.5. The van der Waals surface area contributed by atoms with E-state index in [1.807, 2.05) is 17.8 Å². The van der Waals surface area contributed by atoms with Crippen molar-refractivity contribution in [3.63, 3.8) is 0 Å². The van der Waals surface area contributed by atoms with E-state index < -0.39 is 0 Å². The molecule has 12 heavy (non-hydrogen) atoms. The van der Waals surface area contributed by atoms with Gasteiger partial charge in [0.15, 0.2) is 0 Å². The predicted molar refractivity (Wildman–Crippen MR) is 56.6 cm³/mol. The van der Waals surface area contributed by atoms with Gasteiger partial charge in [0, 0.05) is 10.1 Å². The highest BCUT2D eigenvalue weighted by molar-refractivity contribution is 8.00. The van der Waals surface area contributed by atoms with Crippen LogP contribution in [-0.2, 0) is 0 Å². The van der Waals surface area contributed by atoms with E-state index in [9.17, 15) is 0 Å². The molecule has 0 saturated heterocycles. The zero-order chi connectivity index (χ0) is 8.81. The molecule has 0 aromatic heterocycles. The van der Waals surface area contributed by atoms with Gasteiger partial charge in [-0.2, -0.15) is 0 Å². The maximum Gasteiger partial charge on any atom is 0.0246 e. The summed E-state index contributed by atoms with van der Waals surface area (Å²) in [4.78, 5) is 1.34. The molecule has 1 atom stereocenters. The molecular weight excluding hydrogens is 164 g/mol. The van der Waals surface area contributed by atoms with Gasteiger partial charge in [-0.25, -0.2) is 0 Å². The van der Waals surface area contributed by atoms with Gasteiger partial charge in [0.25, 0.3) is 0 Å². The van der Waals surface area contributed by atoms with E-state index in [-0.39, 0.29) is 0 Å². The van der Waals surface area contributed by atoms with Crippen LogP contribution in [0.4, 0.5) is 0 Å². The number of hydrogen-bond donors (Lipinski definition) is 0. The minimum Gasteiger partial charge on any atom is -0.119 e. The third kappa shape index (κ3) is 3.14. The Hall–Kier alpha value is -0.690. The summed E-state index contributed by atoms with van der Waals surface area (Å²) in [5.74, 6) is 0. The van der Waals surface area contributed by atoms with Crippen molar-refractivity contribution in [3.05, 3.63) is 42.5 Å². The van der Waals surface area contributed by atoms with E-state index in [4.69, 9.17) is 0 Å². The lowest BCUT2D eigenvalue weighted by atomic mass is 10.4. The molecule has 0 saturated carbocycles. The molecule has 0 nitrogen and oxygen atoms in total. The molecular formula is C11H14S. The summed E-state index contributed by atoms with van der Waals surface area (Å²) in [6.07, 6.45) is 4.30. The second kappa shape index (κ2) is 5.04. The van der Waals surface area contributed by atoms with Crippen LogP contribution in [0.5, 0.6) is 0 Å². The first-order valence-corrected chi connectivity index (χ1v) is 5.05. The highest BCUT2D eigenvalue weighted by atomic mass is 32.2. The number of benzene rings is 1. The molecule has 0 fully saturated rings. The van der Waals surface area contributed by atoms with Crippen molar-refractivity contribution in [3.8, 4) is 0 Å². The van der Waals surface area contributed by atoms with E-state index in [1.54, 1.807) is 0 Å². The first-order chi connectivity index (χ1) is 5.83. The minimum absolute atomic E-state index is 0.567. The van der Waals surface area contributed by atoms with E-state index in [1.165, 1.54) is 4.90 Å². The third-order valence-corrected chi connectivity index (χ3v) is 2.60. The van der Waals surface area contributed by atoms with Crippen LogP contribution in [-0.4, -0.2) is 5.25 Å². The van der Waals surface area contributed by atoms with Gasteiger partial charge in [0.2, 0.25) is 0 Å². The Kier molecular flexibility index (Phi) is 3.95. The molecule has 0 radical (unpaired) electrons. The maximum atomic E-state index is 2.21. The molecule has 1 rings (SSSR count).